The molecular formula is C16H13ClF3N3O3. The molecule has 1 aromatic carbocycles. The summed E-state index contributed by atoms with van der Waals surface area (Å²) in [6.07, 6.45) is -4.59. The number of hydrogen-bond acceptors (Lipinski definition) is 5. The summed E-state index contributed by atoms with van der Waals surface area (Å²) < 4.78 is 47.6. The summed E-state index contributed by atoms with van der Waals surface area (Å²) in [6, 6.07) is 7.15. The van der Waals surface area contributed by atoms with Crippen LogP contribution in [0.2, 0.25) is 5.02 Å². The predicted octanol–water partition coefficient (Wildman–Crippen LogP) is 4.63. The van der Waals surface area contributed by atoms with E-state index in [1.54, 1.807) is 31.2 Å². The largest absolute Gasteiger partial charge is 0.452 e. The molecule has 1 heterocycles. The van der Waals surface area contributed by atoms with E-state index in [2.05, 4.69) is 20.2 Å². The molecule has 0 aliphatic rings. The van der Waals surface area contributed by atoms with E-state index in [9.17, 15) is 18.0 Å². The van der Waals surface area contributed by atoms with Gasteiger partial charge >= 0.3 is 12.3 Å². The molecule has 2 aromatic rings. The minimum Gasteiger partial charge on any atom is -0.452 e. The molecular weight excluding hydrogens is 375 g/mol. The lowest BCUT2D eigenvalue weighted by atomic mass is 10.1. The van der Waals surface area contributed by atoms with Crippen LogP contribution in [0.3, 0.4) is 0 Å². The van der Waals surface area contributed by atoms with Gasteiger partial charge < -0.3 is 9.47 Å². The SMILES string of the molecule is COC(=O)N/N=C(\C)c1ccc(Oc2ncc(C(F)(F)F)cc2Cl)cc1. The second-order valence-corrected chi connectivity index (χ2v) is 5.34. The number of methoxy groups -OCH3 is 1. The number of alkyl halides is 3. The minimum atomic E-state index is -4.54. The molecule has 6 nitrogen and oxygen atoms in total. The molecule has 1 aromatic heterocycles. The van der Waals surface area contributed by atoms with Crippen LogP contribution in [-0.2, 0) is 10.9 Å². The highest BCUT2D eigenvalue weighted by atomic mass is 35.5. The average Bonchev–Trinajstić information content (AvgIpc) is 2.60. The summed E-state index contributed by atoms with van der Waals surface area (Å²) in [5.74, 6) is 0.168. The summed E-state index contributed by atoms with van der Waals surface area (Å²) >= 11 is 5.79. The maximum absolute atomic E-state index is 12.6. The smallest absolute Gasteiger partial charge is 0.427 e. The normalized spacial score (nSPS) is 11.8. The van der Waals surface area contributed by atoms with Crippen LogP contribution in [0.5, 0.6) is 11.6 Å². The van der Waals surface area contributed by atoms with Crippen LogP contribution in [0.25, 0.3) is 0 Å². The monoisotopic (exact) mass is 387 g/mol. The van der Waals surface area contributed by atoms with Crippen molar-refractivity contribution in [2.45, 2.75) is 13.1 Å². The highest BCUT2D eigenvalue weighted by molar-refractivity contribution is 6.31. The molecule has 1 amide bonds. The van der Waals surface area contributed by atoms with Gasteiger partial charge in [-0.1, -0.05) is 11.6 Å². The summed E-state index contributed by atoms with van der Waals surface area (Å²) in [5, 5.41) is 3.58. The molecule has 2 rings (SSSR count). The molecule has 0 radical (unpaired) electrons. The Kier molecular flexibility index (Phi) is 6.04. The minimum absolute atomic E-state index is 0.148. The van der Waals surface area contributed by atoms with E-state index in [4.69, 9.17) is 16.3 Å². The van der Waals surface area contributed by atoms with Crippen molar-refractivity contribution in [1.29, 1.82) is 0 Å². The topological polar surface area (TPSA) is 72.8 Å². The Hall–Kier alpha value is -2.81. The van der Waals surface area contributed by atoms with Gasteiger partial charge in [0.2, 0.25) is 5.88 Å². The van der Waals surface area contributed by atoms with E-state index in [0.717, 1.165) is 6.07 Å². The number of nitrogens with one attached hydrogen (secondary N) is 1. The highest BCUT2D eigenvalue weighted by Gasteiger charge is 2.31. The van der Waals surface area contributed by atoms with Gasteiger partial charge in [-0.3, -0.25) is 0 Å². The lowest BCUT2D eigenvalue weighted by Crippen LogP contribution is -2.18. The summed E-state index contributed by atoms with van der Waals surface area (Å²) in [5.41, 5.74) is 2.41. The first kappa shape index (κ1) is 19.5. The molecule has 0 saturated carbocycles. The maximum atomic E-state index is 12.6. The van der Waals surface area contributed by atoms with Gasteiger partial charge in [-0.15, -0.1) is 0 Å². The second kappa shape index (κ2) is 8.05. The first-order valence-electron chi connectivity index (χ1n) is 7.10. The van der Waals surface area contributed by atoms with Crippen molar-refractivity contribution in [1.82, 2.24) is 10.4 Å². The summed E-state index contributed by atoms with van der Waals surface area (Å²) in [7, 11) is 1.22. The predicted molar refractivity (Wildman–Crippen MR) is 88.5 cm³/mol. The Morgan fingerprint density at radius 1 is 1.27 bits per heavy atom. The third kappa shape index (κ3) is 5.09. The Balaban J connectivity index is 2.11. The number of ether oxygens (including phenoxy) is 2. The van der Waals surface area contributed by atoms with Gasteiger partial charge in [0.05, 0.1) is 18.4 Å². The van der Waals surface area contributed by atoms with Crippen LogP contribution in [0.4, 0.5) is 18.0 Å². The Labute approximate surface area is 151 Å². The molecule has 1 N–H and O–H groups in total. The first-order valence-corrected chi connectivity index (χ1v) is 7.48. The number of benzene rings is 1. The van der Waals surface area contributed by atoms with E-state index in [-0.39, 0.29) is 10.9 Å². The highest BCUT2D eigenvalue weighted by Crippen LogP contribution is 2.34. The number of carbonyl (C=O) groups excluding carboxylic acids is 1. The number of aromatic nitrogens is 1. The molecule has 26 heavy (non-hydrogen) atoms. The van der Waals surface area contributed by atoms with Crippen molar-refractivity contribution in [2.75, 3.05) is 7.11 Å². The number of halogens is 4. The number of hydrogen-bond donors (Lipinski definition) is 1. The van der Waals surface area contributed by atoms with E-state index >= 15 is 0 Å². The van der Waals surface area contributed by atoms with Crippen LogP contribution in [0.1, 0.15) is 18.1 Å². The van der Waals surface area contributed by atoms with Gasteiger partial charge in [0.15, 0.2) is 0 Å². The van der Waals surface area contributed by atoms with Gasteiger partial charge in [0.1, 0.15) is 10.8 Å². The summed E-state index contributed by atoms with van der Waals surface area (Å²) in [6.45, 7) is 1.67. The first-order chi connectivity index (χ1) is 12.2. The third-order valence-corrected chi connectivity index (χ3v) is 3.39. The number of amides is 1. The number of hydrazone groups is 1. The number of rotatable bonds is 4. The molecule has 0 saturated heterocycles. The average molecular weight is 388 g/mol. The van der Waals surface area contributed by atoms with E-state index in [1.807, 2.05) is 0 Å². The molecule has 0 fully saturated rings. The van der Waals surface area contributed by atoms with E-state index in [1.165, 1.54) is 7.11 Å². The van der Waals surface area contributed by atoms with Crippen LogP contribution >= 0.6 is 11.6 Å². The van der Waals surface area contributed by atoms with Gasteiger partial charge in [-0.25, -0.2) is 15.2 Å². The van der Waals surface area contributed by atoms with Crippen molar-refractivity contribution in [3.05, 3.63) is 52.7 Å². The molecule has 0 unspecified atom stereocenters. The zero-order valence-electron chi connectivity index (χ0n) is 13.6. The van der Waals surface area contributed by atoms with Gasteiger partial charge in [0, 0.05) is 6.20 Å². The molecule has 0 aliphatic heterocycles. The van der Waals surface area contributed by atoms with Crippen LogP contribution in [0.15, 0.2) is 41.6 Å². The maximum Gasteiger partial charge on any atom is 0.427 e. The van der Waals surface area contributed by atoms with Gasteiger partial charge in [-0.2, -0.15) is 18.3 Å². The van der Waals surface area contributed by atoms with Gasteiger partial charge in [0.25, 0.3) is 0 Å². The van der Waals surface area contributed by atoms with E-state index in [0.29, 0.717) is 23.2 Å². The molecule has 0 aliphatic carbocycles. The summed E-state index contributed by atoms with van der Waals surface area (Å²) in [4.78, 5) is 14.6. The molecule has 0 spiro atoms. The fourth-order valence-corrected chi connectivity index (χ4v) is 1.98. The Bertz CT molecular complexity index is 824. The zero-order valence-corrected chi connectivity index (χ0v) is 14.4. The van der Waals surface area contributed by atoms with Crippen molar-refractivity contribution in [3.63, 3.8) is 0 Å². The third-order valence-electron chi connectivity index (χ3n) is 3.12. The quantitative estimate of drug-likeness (QED) is 0.613. The van der Waals surface area contributed by atoms with Crippen LogP contribution < -0.4 is 10.2 Å². The standard InChI is InChI=1S/C16H13ClF3N3O3/c1-9(22-23-15(24)25-2)10-3-5-12(6-4-10)26-14-13(17)7-11(8-21-14)16(18,19)20/h3-8H,1-2H3,(H,23,24)/b22-9+. The van der Waals surface area contributed by atoms with Crippen molar-refractivity contribution >= 4 is 23.4 Å². The number of pyridine rings is 1. The van der Waals surface area contributed by atoms with Gasteiger partial charge in [-0.05, 0) is 42.8 Å². The van der Waals surface area contributed by atoms with Crippen molar-refractivity contribution < 1.29 is 27.4 Å². The Morgan fingerprint density at radius 2 is 1.92 bits per heavy atom. The van der Waals surface area contributed by atoms with Crippen LogP contribution in [-0.4, -0.2) is 23.9 Å². The van der Waals surface area contributed by atoms with E-state index < -0.39 is 17.8 Å². The lowest BCUT2D eigenvalue weighted by molar-refractivity contribution is -0.137. The molecule has 10 heteroatoms. The number of nitrogens with zero attached hydrogens (tertiary/aromatic N) is 2. The lowest BCUT2D eigenvalue weighted by Gasteiger charge is -2.10. The van der Waals surface area contributed by atoms with Crippen LogP contribution in [0, 0.1) is 0 Å². The zero-order chi connectivity index (χ0) is 19.3. The van der Waals surface area contributed by atoms with Crippen molar-refractivity contribution in [2.24, 2.45) is 5.10 Å². The molecule has 0 bridgehead atoms. The van der Waals surface area contributed by atoms with Crippen molar-refractivity contribution in [3.8, 4) is 11.6 Å². The molecule has 138 valence electrons. The number of carbonyl (C=O) groups is 1. The fraction of sp³-hybridized carbons (Fsp3) is 0.188. The second-order valence-electron chi connectivity index (χ2n) is 4.94. The Morgan fingerprint density at radius 3 is 2.46 bits per heavy atom. The fourth-order valence-electron chi connectivity index (χ4n) is 1.77. The molecule has 0 atom stereocenters.